The lowest BCUT2D eigenvalue weighted by Gasteiger charge is -2.23. The van der Waals surface area contributed by atoms with Crippen LogP contribution in [0.1, 0.15) is 51.9 Å². The molecule has 1 aromatic rings. The second-order valence-corrected chi connectivity index (χ2v) is 6.66. The molecule has 100 valence electrons. The van der Waals surface area contributed by atoms with Gasteiger partial charge in [0.2, 0.25) is 0 Å². The van der Waals surface area contributed by atoms with Gasteiger partial charge in [0.15, 0.2) is 0 Å². The van der Waals surface area contributed by atoms with Gasteiger partial charge >= 0.3 is 0 Å². The Morgan fingerprint density at radius 3 is 2.11 bits per heavy atom. The molecule has 0 atom stereocenters. The van der Waals surface area contributed by atoms with E-state index in [0.29, 0.717) is 5.56 Å². The van der Waals surface area contributed by atoms with Crippen molar-refractivity contribution in [1.29, 1.82) is 0 Å². The van der Waals surface area contributed by atoms with Crippen LogP contribution in [0.3, 0.4) is 0 Å². The van der Waals surface area contributed by atoms with Crippen molar-refractivity contribution in [3.05, 3.63) is 29.8 Å². The Balaban J connectivity index is 2.85. The van der Waals surface area contributed by atoms with E-state index in [4.69, 9.17) is 0 Å². The van der Waals surface area contributed by atoms with Crippen LogP contribution in [0.5, 0.6) is 0 Å². The van der Waals surface area contributed by atoms with Gasteiger partial charge in [0.1, 0.15) is 0 Å². The van der Waals surface area contributed by atoms with E-state index in [1.807, 2.05) is 45.0 Å². The Kier molecular flexibility index (Phi) is 4.05. The summed E-state index contributed by atoms with van der Waals surface area (Å²) in [6, 6.07) is 7.58. The topological polar surface area (TPSA) is 41.1 Å². The normalized spacial score (nSPS) is 12.1. The van der Waals surface area contributed by atoms with Crippen molar-refractivity contribution in [3.63, 3.8) is 0 Å². The highest BCUT2D eigenvalue weighted by Gasteiger charge is 2.16. The molecule has 2 N–H and O–H groups in total. The van der Waals surface area contributed by atoms with Crippen LogP contribution in [0.4, 0.5) is 5.69 Å². The second kappa shape index (κ2) is 5.01. The minimum absolute atomic E-state index is 0.0148. The molecule has 1 aromatic carbocycles. The Hall–Kier alpha value is -1.51. The van der Waals surface area contributed by atoms with Crippen molar-refractivity contribution in [3.8, 4) is 0 Å². The molecule has 1 amide bonds. The first-order valence-corrected chi connectivity index (χ1v) is 6.28. The highest BCUT2D eigenvalue weighted by atomic mass is 16.1. The summed E-state index contributed by atoms with van der Waals surface area (Å²) in [5.41, 5.74) is 1.41. The zero-order valence-corrected chi connectivity index (χ0v) is 12.2. The van der Waals surface area contributed by atoms with E-state index < -0.39 is 0 Å². The zero-order chi connectivity index (χ0) is 14.0. The van der Waals surface area contributed by atoms with Crippen LogP contribution in [-0.2, 0) is 0 Å². The first kappa shape index (κ1) is 14.6. The number of carbonyl (C=O) groups excluding carboxylic acids is 1. The van der Waals surface area contributed by atoms with Gasteiger partial charge in [-0.05, 0) is 59.7 Å². The largest absolute Gasteiger partial charge is 0.380 e. The molecule has 0 aliphatic heterocycles. The standard InChI is InChI=1S/C15H24N2O/c1-14(2,3)16-12-9-7-8-11(10-12)13(18)17-15(4,5)6/h7-10,16H,1-6H3,(H,17,18). The van der Waals surface area contributed by atoms with Crippen molar-refractivity contribution in [1.82, 2.24) is 5.32 Å². The minimum Gasteiger partial charge on any atom is -0.380 e. The zero-order valence-electron chi connectivity index (χ0n) is 12.2. The Bertz CT molecular complexity index is 425. The molecule has 0 spiro atoms. The second-order valence-electron chi connectivity index (χ2n) is 6.66. The van der Waals surface area contributed by atoms with Crippen molar-refractivity contribution in [2.75, 3.05) is 5.32 Å². The van der Waals surface area contributed by atoms with Crippen LogP contribution in [0.25, 0.3) is 0 Å². The molecule has 3 nitrogen and oxygen atoms in total. The summed E-state index contributed by atoms with van der Waals surface area (Å²) in [4.78, 5) is 12.0. The highest BCUT2D eigenvalue weighted by molar-refractivity contribution is 5.95. The predicted octanol–water partition coefficient (Wildman–Crippen LogP) is 3.43. The molecule has 0 aromatic heterocycles. The maximum absolute atomic E-state index is 12.0. The molecule has 0 saturated heterocycles. The lowest BCUT2D eigenvalue weighted by molar-refractivity contribution is 0.0919. The number of carbonyl (C=O) groups is 1. The molecule has 0 saturated carbocycles. The van der Waals surface area contributed by atoms with Gasteiger partial charge in [0, 0.05) is 22.3 Å². The third-order valence-electron chi connectivity index (χ3n) is 2.13. The van der Waals surface area contributed by atoms with E-state index in [9.17, 15) is 4.79 Å². The first-order chi connectivity index (χ1) is 8.07. The van der Waals surface area contributed by atoms with Gasteiger partial charge in [-0.15, -0.1) is 0 Å². The lowest BCUT2D eigenvalue weighted by atomic mass is 10.1. The van der Waals surface area contributed by atoms with Crippen molar-refractivity contribution in [2.24, 2.45) is 0 Å². The number of nitrogens with one attached hydrogen (secondary N) is 2. The summed E-state index contributed by atoms with van der Waals surface area (Å²) in [7, 11) is 0. The fraction of sp³-hybridized carbons (Fsp3) is 0.533. The molecule has 0 aliphatic rings. The summed E-state index contributed by atoms with van der Waals surface area (Å²) in [5.74, 6) is -0.0416. The SMILES string of the molecule is CC(C)(C)NC(=O)c1cccc(NC(C)(C)C)c1. The molecular formula is C15H24N2O. The molecular weight excluding hydrogens is 224 g/mol. The number of benzene rings is 1. The van der Waals surface area contributed by atoms with Crippen LogP contribution in [-0.4, -0.2) is 17.0 Å². The van der Waals surface area contributed by atoms with Gasteiger partial charge in [-0.2, -0.15) is 0 Å². The number of rotatable bonds is 2. The van der Waals surface area contributed by atoms with Gasteiger partial charge in [-0.1, -0.05) is 6.07 Å². The summed E-state index contributed by atoms with van der Waals surface area (Å²) in [6.07, 6.45) is 0. The first-order valence-electron chi connectivity index (χ1n) is 6.28. The van der Waals surface area contributed by atoms with E-state index in [0.717, 1.165) is 5.69 Å². The number of anilines is 1. The van der Waals surface area contributed by atoms with Gasteiger partial charge in [-0.25, -0.2) is 0 Å². The van der Waals surface area contributed by atoms with Crippen molar-refractivity contribution >= 4 is 11.6 Å². The smallest absolute Gasteiger partial charge is 0.251 e. The van der Waals surface area contributed by atoms with E-state index in [1.54, 1.807) is 0 Å². The molecule has 1 rings (SSSR count). The summed E-state index contributed by atoms with van der Waals surface area (Å²) in [6.45, 7) is 12.2. The van der Waals surface area contributed by atoms with Crippen LogP contribution >= 0.6 is 0 Å². The van der Waals surface area contributed by atoms with Crippen LogP contribution in [0.2, 0.25) is 0 Å². The van der Waals surface area contributed by atoms with Crippen molar-refractivity contribution < 1.29 is 4.79 Å². The molecule has 0 bridgehead atoms. The minimum atomic E-state index is -0.218. The quantitative estimate of drug-likeness (QED) is 0.842. The molecule has 0 heterocycles. The molecule has 18 heavy (non-hydrogen) atoms. The highest BCUT2D eigenvalue weighted by Crippen LogP contribution is 2.16. The Labute approximate surface area is 110 Å². The van der Waals surface area contributed by atoms with Crippen LogP contribution < -0.4 is 10.6 Å². The summed E-state index contributed by atoms with van der Waals surface area (Å²) >= 11 is 0. The molecule has 3 heteroatoms. The molecule has 0 fully saturated rings. The third-order valence-corrected chi connectivity index (χ3v) is 2.13. The molecule has 0 aliphatic carbocycles. The van der Waals surface area contributed by atoms with E-state index in [-0.39, 0.29) is 17.0 Å². The Morgan fingerprint density at radius 2 is 1.61 bits per heavy atom. The third kappa shape index (κ3) is 5.21. The monoisotopic (exact) mass is 248 g/mol. The van der Waals surface area contributed by atoms with Crippen molar-refractivity contribution in [2.45, 2.75) is 52.6 Å². The number of amides is 1. The summed E-state index contributed by atoms with van der Waals surface area (Å²) < 4.78 is 0. The number of hydrogen-bond acceptors (Lipinski definition) is 2. The fourth-order valence-corrected chi connectivity index (χ4v) is 1.58. The maximum Gasteiger partial charge on any atom is 0.251 e. The molecule has 0 radical (unpaired) electrons. The average Bonchev–Trinajstić information content (AvgIpc) is 2.12. The van der Waals surface area contributed by atoms with E-state index in [1.165, 1.54) is 0 Å². The maximum atomic E-state index is 12.0. The van der Waals surface area contributed by atoms with E-state index in [2.05, 4.69) is 31.4 Å². The van der Waals surface area contributed by atoms with Gasteiger partial charge in [0.25, 0.3) is 5.91 Å². The van der Waals surface area contributed by atoms with Crippen LogP contribution in [0, 0.1) is 0 Å². The Morgan fingerprint density at radius 1 is 1.00 bits per heavy atom. The van der Waals surface area contributed by atoms with Crippen LogP contribution in [0.15, 0.2) is 24.3 Å². The molecule has 0 unspecified atom stereocenters. The average molecular weight is 248 g/mol. The van der Waals surface area contributed by atoms with E-state index >= 15 is 0 Å². The number of hydrogen-bond donors (Lipinski definition) is 2. The fourth-order valence-electron chi connectivity index (χ4n) is 1.58. The lowest BCUT2D eigenvalue weighted by Crippen LogP contribution is -2.40. The van der Waals surface area contributed by atoms with Gasteiger partial charge < -0.3 is 10.6 Å². The summed E-state index contributed by atoms with van der Waals surface area (Å²) in [5, 5.41) is 6.32. The predicted molar refractivity (Wildman–Crippen MR) is 77.0 cm³/mol. The van der Waals surface area contributed by atoms with Gasteiger partial charge in [0.05, 0.1) is 0 Å². The van der Waals surface area contributed by atoms with Gasteiger partial charge in [-0.3, -0.25) is 4.79 Å².